The Bertz CT molecular complexity index is 166. The molecule has 0 aliphatic rings. The number of carbonyl (C=O) groups excluding carboxylic acids is 2. The van der Waals surface area contributed by atoms with E-state index in [4.69, 9.17) is 4.74 Å². The first-order valence-corrected chi connectivity index (χ1v) is 5.27. The Balaban J connectivity index is 3.51. The average molecular weight is 199 g/mol. The highest BCUT2D eigenvalue weighted by Gasteiger charge is 2.08. The molecule has 0 spiro atoms. The van der Waals surface area contributed by atoms with E-state index in [1.165, 1.54) is 0 Å². The molecule has 0 N–H and O–H groups in total. The SMILES string of the molecule is CCCCC([C]=O)CCOC(=O)CC. The smallest absolute Gasteiger partial charge is 0.305 e. The van der Waals surface area contributed by atoms with Gasteiger partial charge in [-0.15, -0.1) is 0 Å². The predicted molar refractivity (Wildman–Crippen MR) is 54.6 cm³/mol. The van der Waals surface area contributed by atoms with Gasteiger partial charge in [0.25, 0.3) is 0 Å². The second-order valence-corrected chi connectivity index (χ2v) is 3.32. The fourth-order valence-corrected chi connectivity index (χ4v) is 1.13. The maximum Gasteiger partial charge on any atom is 0.305 e. The first-order chi connectivity index (χ1) is 6.74. The monoisotopic (exact) mass is 199 g/mol. The molecular weight excluding hydrogens is 180 g/mol. The molecule has 14 heavy (non-hydrogen) atoms. The summed E-state index contributed by atoms with van der Waals surface area (Å²) in [5, 5.41) is 0. The molecule has 0 amide bonds. The van der Waals surface area contributed by atoms with Crippen LogP contribution in [-0.4, -0.2) is 18.9 Å². The van der Waals surface area contributed by atoms with Crippen LogP contribution in [-0.2, 0) is 14.3 Å². The van der Waals surface area contributed by atoms with Crippen LogP contribution in [0.1, 0.15) is 46.0 Å². The second kappa shape index (κ2) is 8.73. The zero-order valence-corrected chi connectivity index (χ0v) is 9.04. The van der Waals surface area contributed by atoms with Gasteiger partial charge in [0.1, 0.15) is 0 Å². The van der Waals surface area contributed by atoms with Crippen LogP contribution in [0.25, 0.3) is 0 Å². The molecule has 0 heterocycles. The topological polar surface area (TPSA) is 43.4 Å². The van der Waals surface area contributed by atoms with E-state index < -0.39 is 0 Å². The van der Waals surface area contributed by atoms with E-state index in [0.29, 0.717) is 19.4 Å². The lowest BCUT2D eigenvalue weighted by atomic mass is 10.0. The van der Waals surface area contributed by atoms with Gasteiger partial charge in [0.2, 0.25) is 6.29 Å². The normalized spacial score (nSPS) is 12.1. The van der Waals surface area contributed by atoms with Crippen LogP contribution in [0.2, 0.25) is 0 Å². The number of rotatable bonds is 8. The van der Waals surface area contributed by atoms with E-state index >= 15 is 0 Å². The van der Waals surface area contributed by atoms with E-state index in [1.807, 2.05) is 6.29 Å². The minimum absolute atomic E-state index is 0.0698. The molecule has 1 unspecified atom stereocenters. The summed E-state index contributed by atoms with van der Waals surface area (Å²) in [7, 11) is 0. The van der Waals surface area contributed by atoms with Gasteiger partial charge in [-0.1, -0.05) is 26.7 Å². The number of carbonyl (C=O) groups is 1. The van der Waals surface area contributed by atoms with Gasteiger partial charge in [0.15, 0.2) is 0 Å². The van der Waals surface area contributed by atoms with Crippen molar-refractivity contribution in [3.05, 3.63) is 0 Å². The highest BCUT2D eigenvalue weighted by atomic mass is 16.5. The fourth-order valence-electron chi connectivity index (χ4n) is 1.13. The highest BCUT2D eigenvalue weighted by Crippen LogP contribution is 2.10. The third kappa shape index (κ3) is 6.63. The van der Waals surface area contributed by atoms with Crippen molar-refractivity contribution in [3.63, 3.8) is 0 Å². The van der Waals surface area contributed by atoms with E-state index in [-0.39, 0.29) is 11.9 Å². The van der Waals surface area contributed by atoms with Gasteiger partial charge in [-0.3, -0.25) is 9.59 Å². The number of unbranched alkanes of at least 4 members (excludes halogenated alkanes) is 1. The van der Waals surface area contributed by atoms with E-state index in [9.17, 15) is 9.59 Å². The third-order valence-corrected chi connectivity index (χ3v) is 2.09. The van der Waals surface area contributed by atoms with Crippen molar-refractivity contribution >= 4 is 12.3 Å². The fraction of sp³-hybridized carbons (Fsp3) is 0.818. The van der Waals surface area contributed by atoms with Crippen LogP contribution in [0.3, 0.4) is 0 Å². The van der Waals surface area contributed by atoms with Crippen LogP contribution in [0, 0.1) is 5.92 Å². The number of ether oxygens (including phenoxy) is 1. The lowest BCUT2D eigenvalue weighted by Crippen LogP contribution is -2.10. The molecule has 81 valence electrons. The maximum atomic E-state index is 10.8. The molecule has 0 aromatic rings. The summed E-state index contributed by atoms with van der Waals surface area (Å²) in [6.45, 7) is 4.18. The summed E-state index contributed by atoms with van der Waals surface area (Å²) in [5.74, 6) is -0.273. The largest absolute Gasteiger partial charge is 0.466 e. The average Bonchev–Trinajstić information content (AvgIpc) is 2.22. The summed E-state index contributed by atoms with van der Waals surface area (Å²) >= 11 is 0. The van der Waals surface area contributed by atoms with Gasteiger partial charge in [-0.2, -0.15) is 0 Å². The summed E-state index contributed by atoms with van der Waals surface area (Å²) in [5.41, 5.74) is 0. The third-order valence-electron chi connectivity index (χ3n) is 2.09. The summed E-state index contributed by atoms with van der Waals surface area (Å²) < 4.78 is 4.89. The molecule has 0 rings (SSSR count). The van der Waals surface area contributed by atoms with Crippen molar-refractivity contribution in [3.8, 4) is 0 Å². The zero-order valence-electron chi connectivity index (χ0n) is 9.04. The minimum atomic E-state index is -0.204. The van der Waals surface area contributed by atoms with Crippen molar-refractivity contribution in [2.45, 2.75) is 46.0 Å². The first-order valence-electron chi connectivity index (χ1n) is 5.27. The number of esters is 1. The molecular formula is C11H19O3. The Kier molecular flexibility index (Phi) is 8.19. The van der Waals surface area contributed by atoms with E-state index in [2.05, 4.69) is 6.92 Å². The van der Waals surface area contributed by atoms with Gasteiger partial charge < -0.3 is 4.74 Å². The van der Waals surface area contributed by atoms with Gasteiger partial charge in [0, 0.05) is 12.3 Å². The van der Waals surface area contributed by atoms with Gasteiger partial charge in [-0.25, -0.2) is 0 Å². The van der Waals surface area contributed by atoms with Gasteiger partial charge in [-0.05, 0) is 12.8 Å². The second-order valence-electron chi connectivity index (χ2n) is 3.32. The highest BCUT2D eigenvalue weighted by molar-refractivity contribution is 5.68. The lowest BCUT2D eigenvalue weighted by molar-refractivity contribution is -0.143. The Morgan fingerprint density at radius 3 is 2.57 bits per heavy atom. The van der Waals surface area contributed by atoms with Gasteiger partial charge in [0.05, 0.1) is 6.61 Å². The Labute approximate surface area is 85.8 Å². The number of hydrogen-bond donors (Lipinski definition) is 0. The van der Waals surface area contributed by atoms with Crippen LogP contribution in [0.15, 0.2) is 0 Å². The van der Waals surface area contributed by atoms with Crippen molar-refractivity contribution in [2.24, 2.45) is 5.92 Å². The quantitative estimate of drug-likeness (QED) is 0.563. The van der Waals surface area contributed by atoms with E-state index in [1.54, 1.807) is 6.92 Å². The summed E-state index contributed by atoms with van der Waals surface area (Å²) in [4.78, 5) is 21.3. The molecule has 0 saturated carbocycles. The Hall–Kier alpha value is -0.860. The van der Waals surface area contributed by atoms with Gasteiger partial charge >= 0.3 is 5.97 Å². The molecule has 0 aromatic carbocycles. The van der Waals surface area contributed by atoms with Crippen molar-refractivity contribution < 1.29 is 14.3 Å². The summed E-state index contributed by atoms with van der Waals surface area (Å²) in [6.07, 6.45) is 5.94. The molecule has 0 aliphatic heterocycles. The molecule has 0 saturated heterocycles. The standard InChI is InChI=1S/C11H19O3/c1-3-5-6-10(9-12)7-8-14-11(13)4-2/h10H,3-8H2,1-2H3. The molecule has 3 heteroatoms. The van der Waals surface area contributed by atoms with Crippen molar-refractivity contribution in [1.82, 2.24) is 0 Å². The molecule has 1 atom stereocenters. The Morgan fingerprint density at radius 2 is 2.07 bits per heavy atom. The lowest BCUT2D eigenvalue weighted by Gasteiger charge is -2.08. The first kappa shape index (κ1) is 13.1. The molecule has 3 nitrogen and oxygen atoms in total. The molecule has 0 fully saturated rings. The molecule has 1 radical (unpaired) electrons. The predicted octanol–water partition coefficient (Wildman–Crippen LogP) is 2.25. The molecule has 0 aliphatic carbocycles. The van der Waals surface area contributed by atoms with Crippen LogP contribution >= 0.6 is 0 Å². The van der Waals surface area contributed by atoms with Crippen molar-refractivity contribution in [2.75, 3.05) is 6.61 Å². The number of hydrogen-bond acceptors (Lipinski definition) is 3. The molecule has 0 bridgehead atoms. The Morgan fingerprint density at radius 1 is 1.36 bits per heavy atom. The van der Waals surface area contributed by atoms with Crippen LogP contribution in [0.4, 0.5) is 0 Å². The maximum absolute atomic E-state index is 10.8. The minimum Gasteiger partial charge on any atom is -0.466 e. The zero-order chi connectivity index (χ0) is 10.8. The van der Waals surface area contributed by atoms with E-state index in [0.717, 1.165) is 19.3 Å². The molecule has 0 aromatic heterocycles. The van der Waals surface area contributed by atoms with Crippen LogP contribution in [0.5, 0.6) is 0 Å². The van der Waals surface area contributed by atoms with Crippen molar-refractivity contribution in [1.29, 1.82) is 0 Å². The van der Waals surface area contributed by atoms with Crippen LogP contribution < -0.4 is 0 Å². The summed E-state index contributed by atoms with van der Waals surface area (Å²) in [6, 6.07) is 0.